The summed E-state index contributed by atoms with van der Waals surface area (Å²) < 4.78 is 47.0. The lowest BCUT2D eigenvalue weighted by molar-refractivity contribution is -0.926. The van der Waals surface area contributed by atoms with Gasteiger partial charge in [-0.1, -0.05) is 26.3 Å². The average Bonchev–Trinajstić information content (AvgIpc) is 2.99. The summed E-state index contributed by atoms with van der Waals surface area (Å²) in [5, 5.41) is 22.1. The summed E-state index contributed by atoms with van der Waals surface area (Å²) in [6.45, 7) is 26.7. The number of aliphatic hydroxyl groups is 2. The summed E-state index contributed by atoms with van der Waals surface area (Å²) in [5.74, 6) is 0. The van der Waals surface area contributed by atoms with Gasteiger partial charge in [0.25, 0.3) is 0 Å². The molecule has 0 fully saturated rings. The number of rotatable bonds is 33. The van der Waals surface area contributed by atoms with Crippen molar-refractivity contribution in [3.63, 3.8) is 0 Å². The van der Waals surface area contributed by atoms with Crippen molar-refractivity contribution >= 4 is 15.2 Å². The summed E-state index contributed by atoms with van der Waals surface area (Å²) in [4.78, 5) is 19.5. The molecule has 0 aliphatic rings. The predicted octanol–water partition coefficient (Wildman–Crippen LogP) is 5.12. The number of unbranched alkanes of at least 4 members (excludes halogenated alkanes) is 1. The molecule has 0 saturated carbocycles. The van der Waals surface area contributed by atoms with Crippen LogP contribution in [0.3, 0.4) is 0 Å². The van der Waals surface area contributed by atoms with Gasteiger partial charge in [-0.25, -0.2) is 19.6 Å². The lowest BCUT2D eigenvalue weighted by Crippen LogP contribution is -2.55. The molecule has 0 saturated heterocycles. The molecule has 0 spiro atoms. The molecule has 0 aliphatic carbocycles. The van der Waals surface area contributed by atoms with E-state index in [1.807, 2.05) is 0 Å². The minimum Gasteiger partial charge on any atom is -0.387 e. The molecule has 2 N–H and O–H groups in total. The first-order chi connectivity index (χ1) is 21.9. The Kier molecular flexibility index (Phi) is 24.4. The number of hydrogen-bond acceptors (Lipinski definition) is 12. The molecule has 0 aromatic rings. The largest absolute Gasteiger partial charge is 0.387 e. The second-order valence-corrected chi connectivity index (χ2v) is 14.7. The minimum atomic E-state index is -3.90. The molecule has 0 heterocycles. The molecule has 0 aromatic heterocycles. The zero-order chi connectivity index (χ0) is 35.0. The lowest BCUT2D eigenvalue weighted by Gasteiger charge is -2.41. The quantitative estimate of drug-likeness (QED) is 0.0233. The fourth-order valence-corrected chi connectivity index (χ4v) is 7.81. The molecule has 46 heavy (non-hydrogen) atoms. The molecular formula is C30H60N2O12P2+2. The maximum Gasteiger partial charge on any atom is 0.387 e. The standard InChI is InChI=1S/C30H60N2O12P2/c1-9-19-31(20-10-2,25-29(33)27-45(35,41-37-13-5)42-38-14-6)23-17-18-24-32(21-11-3,22-12-4)26-30(34)28-46(36,43-39-15-7)44-40-16-8/h9-12,29-30,33-34H,1-4,13-28H2,5-8H3/q+2. The molecule has 0 radical (unpaired) electrons. The Labute approximate surface area is 276 Å². The topological polar surface area (TPSA) is 148 Å². The van der Waals surface area contributed by atoms with Crippen LogP contribution in [0, 0.1) is 0 Å². The van der Waals surface area contributed by atoms with Gasteiger partial charge in [0.15, 0.2) is 0 Å². The normalized spacial score (nSPS) is 14.1. The highest BCUT2D eigenvalue weighted by atomic mass is 31.2. The highest BCUT2D eigenvalue weighted by molar-refractivity contribution is 7.53. The van der Waals surface area contributed by atoms with Gasteiger partial charge in [0, 0.05) is 12.8 Å². The second kappa shape index (κ2) is 25.0. The third-order valence-electron chi connectivity index (χ3n) is 6.78. The first-order valence-corrected chi connectivity index (χ1v) is 19.3. The molecule has 0 amide bonds. The van der Waals surface area contributed by atoms with Crippen molar-refractivity contribution in [2.75, 3.05) is 91.1 Å². The Morgan fingerprint density at radius 1 is 0.565 bits per heavy atom. The molecule has 16 heteroatoms. The van der Waals surface area contributed by atoms with Gasteiger partial charge in [0.05, 0.1) is 78.0 Å². The van der Waals surface area contributed by atoms with Crippen LogP contribution in [0.2, 0.25) is 0 Å². The molecule has 14 nitrogen and oxygen atoms in total. The summed E-state index contributed by atoms with van der Waals surface area (Å²) in [7, 11) is -7.80. The fourth-order valence-electron chi connectivity index (χ4n) is 5.19. The average molecular weight is 703 g/mol. The molecular weight excluding hydrogens is 642 g/mol. The Morgan fingerprint density at radius 2 is 0.826 bits per heavy atom. The Morgan fingerprint density at radius 3 is 1.04 bits per heavy atom. The Hall–Kier alpha value is -1.06. The lowest BCUT2D eigenvalue weighted by atomic mass is 10.1. The van der Waals surface area contributed by atoms with Crippen molar-refractivity contribution in [3.05, 3.63) is 50.6 Å². The molecule has 2 atom stereocenters. The van der Waals surface area contributed by atoms with Crippen LogP contribution >= 0.6 is 15.2 Å². The van der Waals surface area contributed by atoms with Crippen LogP contribution in [0.15, 0.2) is 50.6 Å². The van der Waals surface area contributed by atoms with E-state index in [-0.39, 0.29) is 51.8 Å². The molecule has 0 bridgehead atoms. The summed E-state index contributed by atoms with van der Waals surface area (Å²) in [6, 6.07) is 0. The van der Waals surface area contributed by atoms with Crippen LogP contribution in [0.5, 0.6) is 0 Å². The van der Waals surface area contributed by atoms with Crippen LogP contribution in [-0.2, 0) is 47.4 Å². The van der Waals surface area contributed by atoms with E-state index in [1.54, 1.807) is 52.0 Å². The van der Waals surface area contributed by atoms with Crippen LogP contribution in [-0.4, -0.2) is 122 Å². The van der Waals surface area contributed by atoms with Crippen molar-refractivity contribution < 1.29 is 66.6 Å². The van der Waals surface area contributed by atoms with E-state index in [4.69, 9.17) is 38.2 Å². The highest BCUT2D eigenvalue weighted by Gasteiger charge is 2.38. The SMILES string of the molecule is C=CC[N+](CC=C)(CCCC[N+](CC=C)(CC=C)CC(O)CP(=O)(OOCC)OOCC)CC(O)CP(=O)(OOCC)OOCC. The van der Waals surface area contributed by atoms with Crippen molar-refractivity contribution in [3.8, 4) is 0 Å². The van der Waals surface area contributed by atoms with Gasteiger partial charge in [-0.05, 0) is 52.0 Å². The highest BCUT2D eigenvalue weighted by Crippen LogP contribution is 2.50. The predicted molar refractivity (Wildman–Crippen MR) is 177 cm³/mol. The van der Waals surface area contributed by atoms with Gasteiger partial charge in [-0.2, -0.15) is 0 Å². The van der Waals surface area contributed by atoms with Crippen molar-refractivity contribution in [1.82, 2.24) is 0 Å². The summed E-state index contributed by atoms with van der Waals surface area (Å²) in [6.07, 6.45) is 5.78. The fraction of sp³-hybridized carbons (Fsp3) is 0.733. The number of quaternary nitrogens is 2. The van der Waals surface area contributed by atoms with Crippen molar-refractivity contribution in [1.29, 1.82) is 0 Å². The van der Waals surface area contributed by atoms with E-state index in [1.165, 1.54) is 0 Å². The van der Waals surface area contributed by atoms with E-state index in [2.05, 4.69) is 26.3 Å². The maximum absolute atomic E-state index is 13.1. The van der Waals surface area contributed by atoms with E-state index in [0.717, 1.165) is 12.8 Å². The zero-order valence-electron chi connectivity index (χ0n) is 28.4. The first kappa shape index (κ1) is 44.9. The van der Waals surface area contributed by atoms with Gasteiger partial charge in [-0.15, -0.1) is 18.7 Å². The van der Waals surface area contributed by atoms with Crippen LogP contribution in [0.4, 0.5) is 0 Å². The van der Waals surface area contributed by atoms with Crippen LogP contribution in [0.1, 0.15) is 40.5 Å². The molecule has 0 aromatic carbocycles. The van der Waals surface area contributed by atoms with Gasteiger partial charge in [-0.3, -0.25) is 9.13 Å². The smallest absolute Gasteiger partial charge is 0.387 e. The van der Waals surface area contributed by atoms with Gasteiger partial charge >= 0.3 is 15.2 Å². The summed E-state index contributed by atoms with van der Waals surface area (Å²) >= 11 is 0. The minimum absolute atomic E-state index is 0.138. The van der Waals surface area contributed by atoms with E-state index in [9.17, 15) is 19.3 Å². The van der Waals surface area contributed by atoms with E-state index in [0.29, 0.717) is 48.2 Å². The molecule has 0 aliphatic heterocycles. The summed E-state index contributed by atoms with van der Waals surface area (Å²) in [5.41, 5.74) is 0. The Bertz CT molecular complexity index is 837. The number of nitrogens with zero attached hydrogens (tertiary/aromatic N) is 2. The first-order valence-electron chi connectivity index (χ1n) is 15.8. The van der Waals surface area contributed by atoms with E-state index >= 15 is 0 Å². The molecule has 270 valence electrons. The third kappa shape index (κ3) is 18.5. The maximum atomic E-state index is 13.1. The monoisotopic (exact) mass is 702 g/mol. The molecule has 2 unspecified atom stereocenters. The van der Waals surface area contributed by atoms with Crippen LogP contribution < -0.4 is 0 Å². The van der Waals surface area contributed by atoms with Crippen molar-refractivity contribution in [2.24, 2.45) is 0 Å². The number of aliphatic hydroxyl groups excluding tert-OH is 2. The van der Waals surface area contributed by atoms with Gasteiger partial charge in [0.2, 0.25) is 0 Å². The van der Waals surface area contributed by atoms with Crippen molar-refractivity contribution in [2.45, 2.75) is 52.7 Å². The zero-order valence-corrected chi connectivity index (χ0v) is 30.2. The third-order valence-corrected chi connectivity index (χ3v) is 9.85. The molecule has 0 rings (SSSR count). The second-order valence-electron chi connectivity index (χ2n) is 10.9. The van der Waals surface area contributed by atoms with Gasteiger partial charge in [0.1, 0.15) is 25.3 Å². The number of hydrogen-bond donors (Lipinski definition) is 2. The Balaban J connectivity index is 5.76. The van der Waals surface area contributed by atoms with Gasteiger partial charge < -0.3 is 19.2 Å². The van der Waals surface area contributed by atoms with Crippen LogP contribution in [0.25, 0.3) is 0 Å². The van der Waals surface area contributed by atoms with E-state index < -0.39 is 27.4 Å².